The van der Waals surface area contributed by atoms with Crippen LogP contribution in [0.15, 0.2) is 42.5 Å². The molecule has 1 unspecified atom stereocenters. The lowest BCUT2D eigenvalue weighted by Gasteiger charge is -2.37. The van der Waals surface area contributed by atoms with E-state index in [0.29, 0.717) is 17.7 Å². The first-order valence-electron chi connectivity index (χ1n) is 12.1. The predicted molar refractivity (Wildman–Crippen MR) is 139 cm³/mol. The van der Waals surface area contributed by atoms with Crippen LogP contribution in [-0.4, -0.2) is 70.2 Å². The van der Waals surface area contributed by atoms with Crippen LogP contribution in [0.1, 0.15) is 38.6 Å². The van der Waals surface area contributed by atoms with Crippen molar-refractivity contribution in [1.29, 1.82) is 0 Å². The topological polar surface area (TPSA) is 73.8 Å². The Morgan fingerprint density at radius 2 is 1.83 bits per heavy atom. The summed E-state index contributed by atoms with van der Waals surface area (Å²) in [6.07, 6.45) is 1.75. The molecule has 3 aromatic rings. The van der Waals surface area contributed by atoms with Gasteiger partial charge in [-0.15, -0.1) is 11.3 Å². The third-order valence-electron chi connectivity index (χ3n) is 7.04. The first kappa shape index (κ1) is 22.5. The van der Waals surface area contributed by atoms with E-state index >= 15 is 0 Å². The monoisotopic (exact) mass is 506 g/mol. The summed E-state index contributed by atoms with van der Waals surface area (Å²) in [4.78, 5) is 50.0. The number of carbonyl (C=O) groups is 3. The quantitative estimate of drug-likeness (QED) is 0.500. The van der Waals surface area contributed by atoms with Gasteiger partial charge in [-0.1, -0.05) is 18.2 Å². The Kier molecular flexibility index (Phi) is 5.98. The Hall–Kier alpha value is -2.91. The maximum Gasteiger partial charge on any atom is 0.264 e. The Morgan fingerprint density at radius 1 is 1.00 bits per heavy atom. The average molecular weight is 507 g/mol. The number of rotatable bonds is 4. The summed E-state index contributed by atoms with van der Waals surface area (Å²) in [5.74, 6) is 1.59. The van der Waals surface area contributed by atoms with Crippen molar-refractivity contribution in [3.8, 4) is 0 Å². The largest absolute Gasteiger partial charge is 0.370 e. The normalized spacial score (nSPS) is 20.6. The minimum atomic E-state index is -0.277. The number of para-hydroxylation sites is 1. The van der Waals surface area contributed by atoms with E-state index in [0.717, 1.165) is 64.9 Å². The van der Waals surface area contributed by atoms with Crippen LogP contribution in [0.25, 0.3) is 10.2 Å². The second-order valence-corrected chi connectivity index (χ2v) is 11.5. The number of hydrogen-bond acceptors (Lipinski definition) is 7. The zero-order chi connectivity index (χ0) is 23.9. The molecule has 0 N–H and O–H groups in total. The Balaban J connectivity index is 1.24. The average Bonchev–Trinajstić information content (AvgIpc) is 3.43. The fourth-order valence-corrected chi connectivity index (χ4v) is 7.14. The number of thioether (sulfide) groups is 1. The minimum absolute atomic E-state index is 0.0752. The van der Waals surface area contributed by atoms with E-state index < -0.39 is 0 Å². The van der Waals surface area contributed by atoms with Crippen LogP contribution in [0.4, 0.5) is 5.69 Å². The van der Waals surface area contributed by atoms with E-state index in [1.165, 1.54) is 16.2 Å². The summed E-state index contributed by atoms with van der Waals surface area (Å²) < 4.78 is 1.04. The molecular formula is C26H26N4O3S2. The molecule has 2 saturated heterocycles. The van der Waals surface area contributed by atoms with E-state index in [9.17, 15) is 14.4 Å². The van der Waals surface area contributed by atoms with Crippen molar-refractivity contribution in [2.75, 3.05) is 42.6 Å². The standard InChI is InChI=1S/C26H26N4O3S2/c31-24(28-11-13-34-14-12-28)17-5-4-10-29(15-17)20-8-3-6-18-23(20)26(33)30(25(18)32)16-22-27-19-7-1-2-9-21(19)35-22/h1-3,6-9,17H,4-5,10-16H2. The molecule has 9 heteroatoms. The number of piperidine rings is 1. The van der Waals surface area contributed by atoms with Gasteiger partial charge in [0, 0.05) is 37.7 Å². The highest BCUT2D eigenvalue weighted by atomic mass is 32.2. The zero-order valence-corrected chi connectivity index (χ0v) is 20.9. The lowest BCUT2D eigenvalue weighted by atomic mass is 9.94. The summed E-state index contributed by atoms with van der Waals surface area (Å²) >= 11 is 3.40. The Morgan fingerprint density at radius 3 is 2.66 bits per heavy atom. The molecule has 2 aromatic carbocycles. The number of amides is 3. The third kappa shape index (κ3) is 4.10. The van der Waals surface area contributed by atoms with Gasteiger partial charge in [-0.3, -0.25) is 19.3 Å². The molecule has 1 atom stereocenters. The van der Waals surface area contributed by atoms with Gasteiger partial charge in [0.2, 0.25) is 5.91 Å². The summed E-state index contributed by atoms with van der Waals surface area (Å²) in [5.41, 5.74) is 2.54. The van der Waals surface area contributed by atoms with Gasteiger partial charge >= 0.3 is 0 Å². The molecule has 180 valence electrons. The van der Waals surface area contributed by atoms with Crippen molar-refractivity contribution in [2.24, 2.45) is 5.92 Å². The van der Waals surface area contributed by atoms with E-state index in [4.69, 9.17) is 0 Å². The molecule has 0 bridgehead atoms. The van der Waals surface area contributed by atoms with Crippen molar-refractivity contribution in [1.82, 2.24) is 14.8 Å². The number of fused-ring (bicyclic) bond motifs is 2. The van der Waals surface area contributed by atoms with Gasteiger partial charge < -0.3 is 9.80 Å². The summed E-state index contributed by atoms with van der Waals surface area (Å²) in [6.45, 7) is 3.15. The molecule has 3 amide bonds. The van der Waals surface area contributed by atoms with Crippen molar-refractivity contribution in [3.05, 3.63) is 58.6 Å². The van der Waals surface area contributed by atoms with Crippen molar-refractivity contribution < 1.29 is 14.4 Å². The Bertz CT molecular complexity index is 1280. The van der Waals surface area contributed by atoms with E-state index in [1.54, 1.807) is 6.07 Å². The number of thiazole rings is 1. The van der Waals surface area contributed by atoms with Gasteiger partial charge in [0.25, 0.3) is 11.8 Å². The SMILES string of the molecule is O=C(C1CCCN(c2cccc3c2C(=O)N(Cc2nc4ccccc4s2)C3=O)C1)N1CCSCC1. The molecule has 6 rings (SSSR count). The van der Waals surface area contributed by atoms with Gasteiger partial charge in [-0.2, -0.15) is 11.8 Å². The molecule has 0 aliphatic carbocycles. The fraction of sp³-hybridized carbons (Fsp3) is 0.385. The van der Waals surface area contributed by atoms with Crippen molar-refractivity contribution in [3.63, 3.8) is 0 Å². The molecule has 35 heavy (non-hydrogen) atoms. The Labute approximate surface area is 212 Å². The van der Waals surface area contributed by atoms with Crippen molar-refractivity contribution in [2.45, 2.75) is 19.4 Å². The summed E-state index contributed by atoms with van der Waals surface area (Å²) in [5, 5.41) is 0.741. The predicted octanol–water partition coefficient (Wildman–Crippen LogP) is 3.88. The lowest BCUT2D eigenvalue weighted by molar-refractivity contribution is -0.135. The molecule has 0 radical (unpaired) electrons. The zero-order valence-electron chi connectivity index (χ0n) is 19.3. The maximum absolute atomic E-state index is 13.5. The van der Waals surface area contributed by atoms with Crippen LogP contribution in [0.3, 0.4) is 0 Å². The van der Waals surface area contributed by atoms with Gasteiger partial charge in [0.1, 0.15) is 5.01 Å². The summed E-state index contributed by atoms with van der Waals surface area (Å²) in [7, 11) is 0. The van der Waals surface area contributed by atoms with Crippen LogP contribution in [-0.2, 0) is 11.3 Å². The van der Waals surface area contributed by atoms with Crippen LogP contribution < -0.4 is 4.90 Å². The molecule has 2 fully saturated rings. The number of hydrogen-bond donors (Lipinski definition) is 0. The molecule has 0 spiro atoms. The van der Waals surface area contributed by atoms with Gasteiger partial charge in [0.05, 0.1) is 39.5 Å². The number of anilines is 1. The van der Waals surface area contributed by atoms with Crippen LogP contribution in [0.2, 0.25) is 0 Å². The van der Waals surface area contributed by atoms with Crippen LogP contribution >= 0.6 is 23.1 Å². The minimum Gasteiger partial charge on any atom is -0.370 e. The number of carbonyl (C=O) groups excluding carboxylic acids is 3. The third-order valence-corrected chi connectivity index (χ3v) is 9.01. The molecule has 4 heterocycles. The smallest absolute Gasteiger partial charge is 0.264 e. The molecule has 7 nitrogen and oxygen atoms in total. The van der Waals surface area contributed by atoms with Crippen LogP contribution in [0, 0.1) is 5.92 Å². The first-order chi connectivity index (χ1) is 17.1. The van der Waals surface area contributed by atoms with E-state index in [2.05, 4.69) is 9.88 Å². The number of nitrogens with zero attached hydrogens (tertiary/aromatic N) is 4. The fourth-order valence-electron chi connectivity index (χ4n) is 5.29. The second kappa shape index (κ2) is 9.28. The van der Waals surface area contributed by atoms with E-state index in [-0.39, 0.29) is 30.2 Å². The van der Waals surface area contributed by atoms with Gasteiger partial charge in [0.15, 0.2) is 0 Å². The number of benzene rings is 2. The molecule has 3 aliphatic rings. The molecule has 0 saturated carbocycles. The maximum atomic E-state index is 13.5. The highest BCUT2D eigenvalue weighted by Gasteiger charge is 2.40. The second-order valence-electron chi connectivity index (χ2n) is 9.19. The highest BCUT2D eigenvalue weighted by Crippen LogP contribution is 2.35. The first-order valence-corrected chi connectivity index (χ1v) is 14.0. The van der Waals surface area contributed by atoms with Crippen LogP contribution in [0.5, 0.6) is 0 Å². The van der Waals surface area contributed by atoms with Gasteiger partial charge in [-0.25, -0.2) is 4.98 Å². The molecular weight excluding hydrogens is 480 g/mol. The lowest BCUT2D eigenvalue weighted by Crippen LogP contribution is -2.47. The summed E-state index contributed by atoms with van der Waals surface area (Å²) in [6, 6.07) is 13.3. The number of imide groups is 1. The molecule has 1 aromatic heterocycles. The molecule has 3 aliphatic heterocycles. The highest BCUT2D eigenvalue weighted by molar-refractivity contribution is 7.99. The van der Waals surface area contributed by atoms with Crippen molar-refractivity contribution >= 4 is 56.7 Å². The van der Waals surface area contributed by atoms with E-state index in [1.807, 2.05) is 53.1 Å². The number of aromatic nitrogens is 1. The van der Waals surface area contributed by atoms with Gasteiger partial charge in [-0.05, 0) is 37.1 Å².